The fraction of sp³-hybridized carbons (Fsp3) is 0.273. The minimum absolute atomic E-state index is 0.00452. The van der Waals surface area contributed by atoms with Crippen LogP contribution in [0.25, 0.3) is 22.4 Å². The topological polar surface area (TPSA) is 89.8 Å². The molecule has 0 aliphatic heterocycles. The van der Waals surface area contributed by atoms with Gasteiger partial charge in [-0.15, -0.1) is 0 Å². The Morgan fingerprint density at radius 1 is 1.19 bits per heavy atom. The van der Waals surface area contributed by atoms with E-state index in [1.54, 1.807) is 16.7 Å². The molecule has 0 aliphatic rings. The first-order chi connectivity index (χ1) is 15.6. The highest BCUT2D eigenvalue weighted by Crippen LogP contribution is 2.22. The van der Waals surface area contributed by atoms with Crippen LogP contribution in [0.15, 0.2) is 48.5 Å². The van der Waals surface area contributed by atoms with Gasteiger partial charge in [-0.3, -0.25) is 19.8 Å². The quantitative estimate of drug-likeness (QED) is 0.274. The Morgan fingerprint density at radius 3 is 2.75 bits per heavy atom. The fourth-order valence-corrected chi connectivity index (χ4v) is 3.78. The van der Waals surface area contributed by atoms with Gasteiger partial charge >= 0.3 is 0 Å². The van der Waals surface area contributed by atoms with Crippen LogP contribution in [0.5, 0.6) is 0 Å². The number of nitrogens with one attached hydrogen (secondary N) is 2. The molecule has 0 atom stereocenters. The number of hydrogen-bond acceptors (Lipinski definition) is 5. The molecular weight excluding hydrogens is 448 g/mol. The molecule has 0 saturated heterocycles. The lowest BCUT2D eigenvalue weighted by Gasteiger charge is -2.11. The molecule has 166 valence electrons. The Hall–Kier alpha value is -3.01. The number of H-pyrrole nitrogens is 1. The van der Waals surface area contributed by atoms with Crippen molar-refractivity contribution < 1.29 is 9.53 Å². The molecule has 0 bridgehead atoms. The number of para-hydroxylation sites is 2. The second-order valence-electron chi connectivity index (χ2n) is 7.12. The summed E-state index contributed by atoms with van der Waals surface area (Å²) in [5.41, 5.74) is 2.58. The normalized spacial score (nSPS) is 11.2. The zero-order valence-electron chi connectivity index (χ0n) is 17.5. The monoisotopic (exact) mass is 470 g/mol. The molecule has 8 nitrogen and oxygen atoms in total. The molecule has 2 aromatic carbocycles. The van der Waals surface area contributed by atoms with Crippen LogP contribution in [-0.4, -0.2) is 43.4 Å². The van der Waals surface area contributed by atoms with Gasteiger partial charge < -0.3 is 9.30 Å². The maximum Gasteiger partial charge on any atom is 0.246 e. The average Bonchev–Trinajstić information content (AvgIpc) is 3.32. The average molecular weight is 471 g/mol. The van der Waals surface area contributed by atoms with Crippen molar-refractivity contribution >= 4 is 46.7 Å². The number of imidazole rings is 1. The Balaban J connectivity index is 1.56. The third kappa shape index (κ3) is 4.90. The Labute approximate surface area is 195 Å². The molecule has 4 rings (SSSR count). The van der Waals surface area contributed by atoms with Crippen LogP contribution in [0, 0.1) is 4.77 Å². The Kier molecular flexibility index (Phi) is 6.99. The molecule has 0 spiro atoms. The van der Waals surface area contributed by atoms with E-state index in [1.807, 2.05) is 47.9 Å². The van der Waals surface area contributed by atoms with Crippen molar-refractivity contribution in [1.82, 2.24) is 24.3 Å². The van der Waals surface area contributed by atoms with Crippen LogP contribution in [0.1, 0.15) is 13.3 Å². The summed E-state index contributed by atoms with van der Waals surface area (Å²) in [6, 6.07) is 15.0. The lowest BCUT2D eigenvalue weighted by atomic mass is 10.2. The summed E-state index contributed by atoms with van der Waals surface area (Å²) in [7, 11) is 0. The first-order valence-electron chi connectivity index (χ1n) is 10.3. The van der Waals surface area contributed by atoms with E-state index in [2.05, 4.69) is 20.5 Å². The Bertz CT molecular complexity index is 1280. The van der Waals surface area contributed by atoms with Crippen LogP contribution < -0.4 is 5.32 Å². The number of benzene rings is 2. The standard InChI is InChI=1S/C22H23ClN6O2S/c1-2-31-13-5-12-28-18-7-4-3-6-17(18)24-21(28)25-19(30)14-29-20(26-27-22(29)32)15-8-10-16(23)11-9-15/h3-4,6-11H,2,5,12-14H2,1H3,(H,27,32)(H,24,25,30). The molecule has 2 heterocycles. The molecule has 1 amide bonds. The van der Waals surface area contributed by atoms with Crippen LogP contribution in [0.2, 0.25) is 5.02 Å². The molecule has 2 N–H and O–H groups in total. The molecule has 0 saturated carbocycles. The van der Waals surface area contributed by atoms with Crippen LogP contribution in [0.3, 0.4) is 0 Å². The number of aromatic amines is 1. The van der Waals surface area contributed by atoms with Crippen LogP contribution in [0.4, 0.5) is 5.95 Å². The van der Waals surface area contributed by atoms with Crippen molar-refractivity contribution in [3.05, 3.63) is 58.3 Å². The second kappa shape index (κ2) is 10.1. The SMILES string of the molecule is CCOCCCn1c(NC(=O)Cn2c(-c3ccc(Cl)cc3)n[nH]c2=S)nc2ccccc21. The first kappa shape index (κ1) is 22.2. The second-order valence-corrected chi connectivity index (χ2v) is 7.94. The summed E-state index contributed by atoms with van der Waals surface area (Å²) in [5.74, 6) is 0.807. The summed E-state index contributed by atoms with van der Waals surface area (Å²) >= 11 is 11.3. The van der Waals surface area contributed by atoms with Crippen LogP contribution in [-0.2, 0) is 22.6 Å². The molecule has 4 aromatic rings. The van der Waals surface area contributed by atoms with E-state index in [-0.39, 0.29) is 12.5 Å². The van der Waals surface area contributed by atoms with E-state index in [0.717, 1.165) is 23.0 Å². The highest BCUT2D eigenvalue weighted by molar-refractivity contribution is 7.71. The number of anilines is 1. The minimum Gasteiger partial charge on any atom is -0.382 e. The third-order valence-electron chi connectivity index (χ3n) is 4.94. The molecular formula is C22H23ClN6O2S. The van der Waals surface area contributed by atoms with E-state index in [9.17, 15) is 4.79 Å². The summed E-state index contributed by atoms with van der Waals surface area (Å²) in [4.78, 5) is 17.6. The number of amides is 1. The molecule has 0 fully saturated rings. The zero-order valence-corrected chi connectivity index (χ0v) is 19.1. The molecule has 0 unspecified atom stereocenters. The number of ether oxygens (including phenoxy) is 1. The summed E-state index contributed by atoms with van der Waals surface area (Å²) < 4.78 is 9.46. The number of carbonyl (C=O) groups excluding carboxylic acids is 1. The number of nitrogens with zero attached hydrogens (tertiary/aromatic N) is 4. The fourth-order valence-electron chi connectivity index (χ4n) is 3.46. The van der Waals surface area contributed by atoms with Gasteiger partial charge in [-0.2, -0.15) is 5.10 Å². The maximum atomic E-state index is 13.0. The highest BCUT2D eigenvalue weighted by Gasteiger charge is 2.16. The molecule has 0 aliphatic carbocycles. The number of aryl methyl sites for hydroxylation is 1. The third-order valence-corrected chi connectivity index (χ3v) is 5.51. The van der Waals surface area contributed by atoms with Crippen LogP contribution >= 0.6 is 23.8 Å². The highest BCUT2D eigenvalue weighted by atomic mass is 35.5. The molecule has 2 aromatic heterocycles. The summed E-state index contributed by atoms with van der Waals surface area (Å²) in [6.45, 7) is 3.96. The maximum absolute atomic E-state index is 13.0. The van der Waals surface area contributed by atoms with Gasteiger partial charge in [-0.1, -0.05) is 23.7 Å². The van der Waals surface area contributed by atoms with E-state index in [4.69, 9.17) is 28.6 Å². The smallest absolute Gasteiger partial charge is 0.246 e. The first-order valence-corrected chi connectivity index (χ1v) is 11.1. The molecule has 0 radical (unpaired) electrons. The zero-order chi connectivity index (χ0) is 22.5. The van der Waals surface area contributed by atoms with Gasteiger partial charge in [0.05, 0.1) is 11.0 Å². The number of aromatic nitrogens is 5. The predicted octanol–water partition coefficient (Wildman–Crippen LogP) is 4.68. The minimum atomic E-state index is -0.251. The number of hydrogen-bond donors (Lipinski definition) is 2. The van der Waals surface area contributed by atoms with Gasteiger partial charge in [0, 0.05) is 30.3 Å². The van der Waals surface area contributed by atoms with E-state index in [0.29, 0.717) is 41.3 Å². The molecule has 10 heteroatoms. The van der Waals surface area contributed by atoms with Crippen molar-refractivity contribution in [2.75, 3.05) is 18.5 Å². The number of rotatable bonds is 9. The van der Waals surface area contributed by atoms with Gasteiger partial charge in [0.1, 0.15) is 6.54 Å². The van der Waals surface area contributed by atoms with Crippen molar-refractivity contribution in [1.29, 1.82) is 0 Å². The van der Waals surface area contributed by atoms with Gasteiger partial charge in [0.15, 0.2) is 10.6 Å². The molecule has 32 heavy (non-hydrogen) atoms. The van der Waals surface area contributed by atoms with E-state index >= 15 is 0 Å². The summed E-state index contributed by atoms with van der Waals surface area (Å²) in [6.07, 6.45) is 0.810. The van der Waals surface area contributed by atoms with E-state index < -0.39 is 0 Å². The van der Waals surface area contributed by atoms with Gasteiger partial charge in [0.25, 0.3) is 0 Å². The van der Waals surface area contributed by atoms with Gasteiger partial charge in [-0.05, 0) is 62.0 Å². The predicted molar refractivity (Wildman–Crippen MR) is 127 cm³/mol. The number of halogens is 1. The number of carbonyl (C=O) groups is 1. The van der Waals surface area contributed by atoms with E-state index in [1.165, 1.54) is 0 Å². The lowest BCUT2D eigenvalue weighted by Crippen LogP contribution is -2.22. The van der Waals surface area contributed by atoms with Gasteiger partial charge in [0.2, 0.25) is 11.9 Å². The van der Waals surface area contributed by atoms with Crippen molar-refractivity contribution in [2.24, 2.45) is 0 Å². The van der Waals surface area contributed by atoms with Gasteiger partial charge in [-0.25, -0.2) is 4.98 Å². The number of fused-ring (bicyclic) bond motifs is 1. The van der Waals surface area contributed by atoms with Crippen molar-refractivity contribution in [2.45, 2.75) is 26.4 Å². The van der Waals surface area contributed by atoms with Crippen molar-refractivity contribution in [3.63, 3.8) is 0 Å². The summed E-state index contributed by atoms with van der Waals surface area (Å²) in [5, 5.41) is 10.6. The largest absolute Gasteiger partial charge is 0.382 e. The Morgan fingerprint density at radius 2 is 1.97 bits per heavy atom. The lowest BCUT2D eigenvalue weighted by molar-refractivity contribution is -0.116. The van der Waals surface area contributed by atoms with Crippen molar-refractivity contribution in [3.8, 4) is 11.4 Å².